The molecule has 1 rings (SSSR count). The highest BCUT2D eigenvalue weighted by molar-refractivity contribution is 7.98. The molecule has 0 radical (unpaired) electrons. The highest BCUT2D eigenvalue weighted by Gasteiger charge is 2.38. The van der Waals surface area contributed by atoms with Crippen LogP contribution in [0.15, 0.2) is 9.95 Å². The zero-order valence-corrected chi connectivity index (χ0v) is 7.59. The predicted octanol–water partition coefficient (Wildman–Crippen LogP) is 1.65. The van der Waals surface area contributed by atoms with Gasteiger partial charge in [-0.2, -0.15) is 22.5 Å². The Morgan fingerprint density at radius 2 is 2.00 bits per heavy atom. The Kier molecular flexibility index (Phi) is 2.84. The lowest BCUT2D eigenvalue weighted by molar-refractivity contribution is -0.141. The molecule has 0 fully saturated rings. The molecule has 8 heteroatoms. The van der Waals surface area contributed by atoms with E-state index in [9.17, 15) is 22.4 Å². The molecule has 1 aromatic heterocycles. The highest BCUT2D eigenvalue weighted by Crippen LogP contribution is 2.28. The van der Waals surface area contributed by atoms with Gasteiger partial charge in [0, 0.05) is 0 Å². The molecule has 0 unspecified atom stereocenters. The molecule has 0 aliphatic rings. The average molecular weight is 228 g/mol. The van der Waals surface area contributed by atoms with Crippen LogP contribution in [0, 0.1) is 5.95 Å². The molecule has 0 aliphatic carbocycles. The number of rotatable bonds is 1. The number of halogens is 4. The fourth-order valence-electron chi connectivity index (χ4n) is 0.769. The van der Waals surface area contributed by atoms with Gasteiger partial charge in [-0.3, -0.25) is 4.79 Å². The van der Waals surface area contributed by atoms with Gasteiger partial charge in [-0.15, -0.1) is 0 Å². The van der Waals surface area contributed by atoms with Gasteiger partial charge in [0.25, 0.3) is 5.56 Å². The summed E-state index contributed by atoms with van der Waals surface area (Å²) in [6.45, 7) is 0. The Morgan fingerprint density at radius 3 is 2.36 bits per heavy atom. The van der Waals surface area contributed by atoms with Crippen LogP contribution >= 0.6 is 11.8 Å². The number of aromatic amines is 1. The van der Waals surface area contributed by atoms with Gasteiger partial charge in [0.2, 0.25) is 5.95 Å². The first-order chi connectivity index (χ1) is 6.36. The minimum atomic E-state index is -5.03. The van der Waals surface area contributed by atoms with Crippen molar-refractivity contribution in [3.8, 4) is 0 Å². The van der Waals surface area contributed by atoms with Gasteiger partial charge in [0.15, 0.2) is 10.7 Å². The zero-order valence-electron chi connectivity index (χ0n) is 6.78. The second-order valence-electron chi connectivity index (χ2n) is 2.24. The van der Waals surface area contributed by atoms with Crippen molar-refractivity contribution in [2.45, 2.75) is 11.3 Å². The molecule has 14 heavy (non-hydrogen) atoms. The number of hydrogen-bond acceptors (Lipinski definition) is 3. The maximum Gasteiger partial charge on any atom is 0.426 e. The number of aromatic nitrogens is 2. The second kappa shape index (κ2) is 3.60. The minimum Gasteiger partial charge on any atom is -0.301 e. The van der Waals surface area contributed by atoms with Crippen LogP contribution in [0.25, 0.3) is 0 Å². The quantitative estimate of drug-likeness (QED) is 0.344. The van der Waals surface area contributed by atoms with E-state index in [-0.39, 0.29) is 5.16 Å². The van der Waals surface area contributed by atoms with Crippen LogP contribution in [0.5, 0.6) is 0 Å². The van der Waals surface area contributed by atoms with E-state index >= 15 is 0 Å². The summed E-state index contributed by atoms with van der Waals surface area (Å²) in [6, 6.07) is 0. The predicted molar refractivity (Wildman–Crippen MR) is 41.6 cm³/mol. The molecule has 0 bridgehead atoms. The van der Waals surface area contributed by atoms with Crippen LogP contribution in [-0.4, -0.2) is 16.2 Å². The Morgan fingerprint density at radius 1 is 1.43 bits per heavy atom. The van der Waals surface area contributed by atoms with E-state index in [1.807, 2.05) is 4.98 Å². The Labute approximate surface area is 79.5 Å². The summed E-state index contributed by atoms with van der Waals surface area (Å²) < 4.78 is 48.8. The summed E-state index contributed by atoms with van der Waals surface area (Å²) in [7, 11) is 0. The molecule has 0 amide bonds. The number of hydrogen-bond donors (Lipinski definition) is 1. The number of alkyl halides is 3. The summed E-state index contributed by atoms with van der Waals surface area (Å²) in [5.41, 5.74) is -3.41. The standard InChI is InChI=1S/C6H4F4N2OS/c1-14-5-11-3(7)2(4(13)12-5)6(8,9)10/h1H3,(H,11,12,13). The van der Waals surface area contributed by atoms with Crippen LogP contribution in [-0.2, 0) is 6.18 Å². The van der Waals surface area contributed by atoms with Gasteiger partial charge in [-0.1, -0.05) is 11.8 Å². The fourth-order valence-corrected chi connectivity index (χ4v) is 1.13. The molecule has 1 aromatic rings. The lowest BCUT2D eigenvalue weighted by Crippen LogP contribution is -2.25. The van der Waals surface area contributed by atoms with Gasteiger partial charge in [-0.25, -0.2) is 0 Å². The highest BCUT2D eigenvalue weighted by atomic mass is 32.2. The maximum absolute atomic E-state index is 12.7. The zero-order chi connectivity index (χ0) is 10.9. The van der Waals surface area contributed by atoms with E-state index in [1.54, 1.807) is 0 Å². The van der Waals surface area contributed by atoms with Crippen LogP contribution in [0.3, 0.4) is 0 Å². The van der Waals surface area contributed by atoms with Crippen molar-refractivity contribution in [1.82, 2.24) is 9.97 Å². The third-order valence-corrected chi connectivity index (χ3v) is 1.91. The number of nitrogens with zero attached hydrogens (tertiary/aromatic N) is 1. The van der Waals surface area contributed by atoms with Crippen molar-refractivity contribution in [1.29, 1.82) is 0 Å². The van der Waals surface area contributed by atoms with Gasteiger partial charge < -0.3 is 4.98 Å². The summed E-state index contributed by atoms with van der Waals surface area (Å²) >= 11 is 0.842. The minimum absolute atomic E-state index is 0.194. The third-order valence-electron chi connectivity index (χ3n) is 1.33. The van der Waals surface area contributed by atoms with Crippen LogP contribution in [0.4, 0.5) is 17.6 Å². The number of H-pyrrole nitrogens is 1. The molecule has 0 aromatic carbocycles. The van der Waals surface area contributed by atoms with E-state index in [0.29, 0.717) is 0 Å². The van der Waals surface area contributed by atoms with Crippen LogP contribution < -0.4 is 5.56 Å². The van der Waals surface area contributed by atoms with Gasteiger partial charge in [0.1, 0.15) is 0 Å². The first kappa shape index (κ1) is 11.0. The van der Waals surface area contributed by atoms with E-state index in [2.05, 4.69) is 4.98 Å². The molecule has 1 heterocycles. The largest absolute Gasteiger partial charge is 0.426 e. The lowest BCUT2D eigenvalue weighted by Gasteiger charge is -2.06. The Balaban J connectivity index is 3.41. The summed E-state index contributed by atoms with van der Waals surface area (Å²) in [4.78, 5) is 15.5. The van der Waals surface area contributed by atoms with Gasteiger partial charge in [-0.05, 0) is 6.26 Å². The van der Waals surface area contributed by atoms with Gasteiger partial charge >= 0.3 is 6.18 Å². The van der Waals surface area contributed by atoms with Crippen molar-refractivity contribution in [2.75, 3.05) is 6.26 Å². The van der Waals surface area contributed by atoms with Gasteiger partial charge in [0.05, 0.1) is 0 Å². The first-order valence-corrected chi connectivity index (χ1v) is 4.49. The van der Waals surface area contributed by atoms with Crippen molar-refractivity contribution in [2.24, 2.45) is 0 Å². The average Bonchev–Trinajstić information content (AvgIpc) is 1.99. The summed E-state index contributed by atoms with van der Waals surface area (Å²) in [5.74, 6) is -1.80. The normalized spacial score (nSPS) is 11.8. The summed E-state index contributed by atoms with van der Waals surface area (Å²) in [6.07, 6.45) is -3.58. The van der Waals surface area contributed by atoms with Crippen molar-refractivity contribution in [3.05, 3.63) is 21.9 Å². The molecule has 1 N–H and O–H groups in total. The number of thioether (sulfide) groups is 1. The summed E-state index contributed by atoms with van der Waals surface area (Å²) in [5, 5.41) is -0.194. The molecule has 78 valence electrons. The topological polar surface area (TPSA) is 45.8 Å². The van der Waals surface area contributed by atoms with E-state index in [0.717, 1.165) is 11.8 Å². The maximum atomic E-state index is 12.7. The van der Waals surface area contributed by atoms with Crippen LogP contribution in [0.2, 0.25) is 0 Å². The van der Waals surface area contributed by atoms with Crippen molar-refractivity contribution in [3.63, 3.8) is 0 Å². The molecular formula is C6H4F4N2OS. The number of nitrogens with one attached hydrogen (secondary N) is 1. The smallest absolute Gasteiger partial charge is 0.301 e. The molecule has 0 saturated heterocycles. The molecule has 0 atom stereocenters. The molecular weight excluding hydrogens is 224 g/mol. The van der Waals surface area contributed by atoms with Crippen LogP contribution in [0.1, 0.15) is 5.56 Å². The molecule has 0 spiro atoms. The first-order valence-electron chi connectivity index (χ1n) is 3.27. The molecule has 0 aliphatic heterocycles. The van der Waals surface area contributed by atoms with E-state index in [1.165, 1.54) is 6.26 Å². The SMILES string of the molecule is CSc1nc(F)c(C(F)(F)F)c(=O)[nH]1. The second-order valence-corrected chi connectivity index (χ2v) is 3.03. The monoisotopic (exact) mass is 228 g/mol. The third kappa shape index (κ3) is 2.06. The Hall–Kier alpha value is -1.05. The Bertz CT molecular complexity index is 400. The van der Waals surface area contributed by atoms with E-state index < -0.39 is 23.2 Å². The molecule has 3 nitrogen and oxygen atoms in total. The fraction of sp³-hybridized carbons (Fsp3) is 0.333. The van der Waals surface area contributed by atoms with Crippen molar-refractivity contribution < 1.29 is 17.6 Å². The molecule has 0 saturated carbocycles. The van der Waals surface area contributed by atoms with E-state index in [4.69, 9.17) is 0 Å². The lowest BCUT2D eigenvalue weighted by atomic mass is 10.3. The van der Waals surface area contributed by atoms with Crippen molar-refractivity contribution >= 4 is 11.8 Å².